The first-order valence-electron chi connectivity index (χ1n) is 11.2. The fourth-order valence-corrected chi connectivity index (χ4v) is 6.83. The van der Waals surface area contributed by atoms with Crippen LogP contribution in [0, 0.1) is 5.82 Å². The van der Waals surface area contributed by atoms with E-state index >= 15 is 0 Å². The molecule has 3 atom stereocenters. The smallest absolute Gasteiger partial charge is 0.266 e. The number of aromatic nitrogens is 1. The van der Waals surface area contributed by atoms with Crippen LogP contribution in [0.3, 0.4) is 0 Å². The first-order valence-corrected chi connectivity index (χ1v) is 14.4. The summed E-state index contributed by atoms with van der Waals surface area (Å²) in [7, 11) is -4.18. The molecule has 0 spiro atoms. The zero-order chi connectivity index (χ0) is 25.2. The summed E-state index contributed by atoms with van der Waals surface area (Å²) in [6.45, 7) is 5.05. The standard InChI is InChI=1S/C24H26Cl2FN3O3S2/c1-3-18-11-19(9-15(2)30(18)14-16-5-4-6-17(25)10-16)33-22-13-21(27)23(12-20(22)26)35(31,32)29-24-28-7-8-34-24/h4-8,10,12-13,15,18-19H,3,9,11,14H2,1-2H3,(H,28,29)/t15-,18+,19-/m0/s1. The fourth-order valence-electron chi connectivity index (χ4n) is 4.47. The molecule has 6 nitrogen and oxygen atoms in total. The van der Waals surface area contributed by atoms with Crippen molar-refractivity contribution in [1.82, 2.24) is 9.88 Å². The van der Waals surface area contributed by atoms with Gasteiger partial charge < -0.3 is 4.74 Å². The molecule has 3 aromatic rings. The van der Waals surface area contributed by atoms with Crippen molar-refractivity contribution >= 4 is 49.7 Å². The molecule has 4 rings (SSSR count). The monoisotopic (exact) mass is 557 g/mol. The number of nitrogens with zero attached hydrogens (tertiary/aromatic N) is 2. The van der Waals surface area contributed by atoms with Crippen molar-refractivity contribution in [2.75, 3.05) is 4.72 Å². The van der Waals surface area contributed by atoms with Crippen molar-refractivity contribution in [1.29, 1.82) is 0 Å². The van der Waals surface area contributed by atoms with Crippen LogP contribution in [0.1, 0.15) is 38.7 Å². The van der Waals surface area contributed by atoms with E-state index in [1.165, 1.54) is 6.20 Å². The van der Waals surface area contributed by atoms with Crippen molar-refractivity contribution in [3.05, 3.63) is 69.4 Å². The molecular formula is C24H26Cl2FN3O3S2. The maximum atomic E-state index is 14.9. The van der Waals surface area contributed by atoms with Gasteiger partial charge >= 0.3 is 0 Å². The molecule has 0 unspecified atom stereocenters. The van der Waals surface area contributed by atoms with Crippen LogP contribution in [0.15, 0.2) is 52.9 Å². The summed E-state index contributed by atoms with van der Waals surface area (Å²) in [5.74, 6) is -0.806. The molecule has 0 bridgehead atoms. The summed E-state index contributed by atoms with van der Waals surface area (Å²) < 4.78 is 48.5. The molecule has 0 radical (unpaired) electrons. The van der Waals surface area contributed by atoms with Gasteiger partial charge in [0.05, 0.1) is 5.02 Å². The van der Waals surface area contributed by atoms with Crippen molar-refractivity contribution in [3.63, 3.8) is 0 Å². The first kappa shape index (κ1) is 26.2. The van der Waals surface area contributed by atoms with Gasteiger partial charge in [0.25, 0.3) is 10.0 Å². The van der Waals surface area contributed by atoms with E-state index in [1.807, 2.05) is 18.2 Å². The van der Waals surface area contributed by atoms with Gasteiger partial charge in [0.15, 0.2) is 5.13 Å². The highest BCUT2D eigenvalue weighted by atomic mass is 35.5. The third-order valence-corrected chi connectivity index (χ3v) is 8.83. The topological polar surface area (TPSA) is 71.5 Å². The van der Waals surface area contributed by atoms with E-state index in [9.17, 15) is 12.8 Å². The summed E-state index contributed by atoms with van der Waals surface area (Å²) in [4.78, 5) is 5.75. The number of sulfonamides is 1. The lowest BCUT2D eigenvalue weighted by Gasteiger charge is -2.44. The Balaban J connectivity index is 1.48. The molecule has 2 heterocycles. The molecule has 1 fully saturated rings. The third-order valence-electron chi connectivity index (χ3n) is 6.12. The molecule has 188 valence electrons. The Morgan fingerprint density at radius 3 is 2.74 bits per heavy atom. The number of halogens is 3. The molecule has 1 aliphatic heterocycles. The lowest BCUT2D eigenvalue weighted by Crippen LogP contribution is -2.50. The van der Waals surface area contributed by atoms with Crippen LogP contribution < -0.4 is 9.46 Å². The largest absolute Gasteiger partial charge is 0.489 e. The Labute approximate surface area is 219 Å². The molecule has 1 saturated heterocycles. The molecule has 1 aliphatic rings. The first-order chi connectivity index (χ1) is 16.7. The van der Waals surface area contributed by atoms with E-state index in [2.05, 4.69) is 34.5 Å². The predicted octanol–water partition coefficient (Wildman–Crippen LogP) is 6.60. The molecule has 1 aromatic heterocycles. The zero-order valence-corrected chi connectivity index (χ0v) is 22.4. The Hall–Kier alpha value is -1.91. The SMILES string of the molecule is CC[C@@H]1C[C@@H](Oc2cc(F)c(S(=O)(=O)Nc3nccs3)cc2Cl)C[C@H](C)N1Cc1cccc(Cl)c1. The van der Waals surface area contributed by atoms with Gasteiger partial charge in [-0.2, -0.15) is 0 Å². The second kappa shape index (κ2) is 11.0. The molecule has 2 aromatic carbocycles. The van der Waals surface area contributed by atoms with Gasteiger partial charge in [0.2, 0.25) is 0 Å². The minimum absolute atomic E-state index is 0.0352. The average Bonchev–Trinajstić information content (AvgIpc) is 3.30. The Kier molecular flexibility index (Phi) is 8.23. The molecule has 0 aliphatic carbocycles. The normalized spacial score (nSPS) is 21.1. The second-order valence-corrected chi connectivity index (χ2v) is 12.0. The lowest BCUT2D eigenvalue weighted by atomic mass is 9.91. The number of anilines is 1. The summed E-state index contributed by atoms with van der Waals surface area (Å²) in [6.07, 6.45) is 3.66. The summed E-state index contributed by atoms with van der Waals surface area (Å²) in [6, 6.07) is 10.4. The van der Waals surface area contributed by atoms with Crippen molar-refractivity contribution < 1.29 is 17.5 Å². The van der Waals surface area contributed by atoms with Gasteiger partial charge in [-0.3, -0.25) is 9.62 Å². The van der Waals surface area contributed by atoms with Gasteiger partial charge in [-0.25, -0.2) is 17.8 Å². The highest BCUT2D eigenvalue weighted by Crippen LogP contribution is 2.35. The second-order valence-electron chi connectivity index (χ2n) is 8.58. The van der Waals surface area contributed by atoms with Crippen molar-refractivity contribution in [3.8, 4) is 5.75 Å². The van der Waals surface area contributed by atoms with Crippen LogP contribution >= 0.6 is 34.5 Å². The Bertz CT molecular complexity index is 1280. The number of piperidine rings is 1. The van der Waals surface area contributed by atoms with Gasteiger partial charge in [-0.1, -0.05) is 42.3 Å². The summed E-state index contributed by atoms with van der Waals surface area (Å²) in [5.41, 5.74) is 1.15. The number of hydrogen-bond donors (Lipinski definition) is 1. The number of hydrogen-bond acceptors (Lipinski definition) is 6. The van der Waals surface area contributed by atoms with Crippen LogP contribution in [0.4, 0.5) is 9.52 Å². The van der Waals surface area contributed by atoms with Gasteiger partial charge in [-0.05, 0) is 49.9 Å². The molecule has 11 heteroatoms. The van der Waals surface area contributed by atoms with E-state index in [1.54, 1.807) is 5.38 Å². The maximum absolute atomic E-state index is 14.9. The number of benzene rings is 2. The van der Waals surface area contributed by atoms with Crippen LogP contribution in [0.25, 0.3) is 0 Å². The van der Waals surface area contributed by atoms with Crippen LogP contribution in [-0.4, -0.2) is 36.5 Å². The minimum atomic E-state index is -4.18. The van der Waals surface area contributed by atoms with Gasteiger partial charge in [0.1, 0.15) is 22.6 Å². The maximum Gasteiger partial charge on any atom is 0.266 e. The molecule has 1 N–H and O–H groups in total. The average molecular weight is 559 g/mol. The third kappa shape index (κ3) is 6.27. The predicted molar refractivity (Wildman–Crippen MR) is 139 cm³/mol. The quantitative estimate of drug-likeness (QED) is 0.337. The number of nitrogens with one attached hydrogen (secondary N) is 1. The number of likely N-dealkylation sites (tertiary alicyclic amines) is 1. The Morgan fingerprint density at radius 1 is 1.26 bits per heavy atom. The fraction of sp³-hybridized carbons (Fsp3) is 0.375. The van der Waals surface area contributed by atoms with E-state index in [0.717, 1.165) is 54.8 Å². The molecule has 0 saturated carbocycles. The highest BCUT2D eigenvalue weighted by Gasteiger charge is 2.34. The molecular weight excluding hydrogens is 532 g/mol. The summed E-state index contributed by atoms with van der Waals surface area (Å²) in [5, 5.41) is 2.51. The highest BCUT2D eigenvalue weighted by molar-refractivity contribution is 7.93. The van der Waals surface area contributed by atoms with E-state index in [-0.39, 0.29) is 34.1 Å². The van der Waals surface area contributed by atoms with Crippen LogP contribution in [-0.2, 0) is 16.6 Å². The number of rotatable bonds is 8. The van der Waals surface area contributed by atoms with Gasteiger partial charge in [0, 0.05) is 41.3 Å². The van der Waals surface area contributed by atoms with Crippen molar-refractivity contribution in [2.45, 2.75) is 62.7 Å². The van der Waals surface area contributed by atoms with E-state index < -0.39 is 20.7 Å². The van der Waals surface area contributed by atoms with Crippen molar-refractivity contribution in [2.24, 2.45) is 0 Å². The molecule has 0 amide bonds. The van der Waals surface area contributed by atoms with E-state index in [4.69, 9.17) is 27.9 Å². The van der Waals surface area contributed by atoms with Gasteiger partial charge in [-0.15, -0.1) is 11.3 Å². The zero-order valence-electron chi connectivity index (χ0n) is 19.2. The summed E-state index contributed by atoms with van der Waals surface area (Å²) >= 11 is 13.6. The minimum Gasteiger partial charge on any atom is -0.489 e. The lowest BCUT2D eigenvalue weighted by molar-refractivity contribution is 0.0117. The Morgan fingerprint density at radius 2 is 2.06 bits per heavy atom. The number of ether oxygens (including phenoxy) is 1. The van der Waals surface area contributed by atoms with Crippen LogP contribution in [0.2, 0.25) is 10.0 Å². The molecule has 35 heavy (non-hydrogen) atoms. The van der Waals surface area contributed by atoms with E-state index in [0.29, 0.717) is 5.02 Å². The number of thiazole rings is 1. The van der Waals surface area contributed by atoms with Crippen LogP contribution in [0.5, 0.6) is 5.75 Å².